The van der Waals surface area contributed by atoms with Crippen molar-refractivity contribution < 1.29 is 109 Å². The fourth-order valence-electron chi connectivity index (χ4n) is 10.5. The van der Waals surface area contributed by atoms with Crippen LogP contribution in [-0.4, -0.2) is 224 Å². The zero-order valence-corrected chi connectivity index (χ0v) is 64.7. The summed E-state index contributed by atoms with van der Waals surface area (Å²) < 4.78 is 47.3. The van der Waals surface area contributed by atoms with Gasteiger partial charge in [0.2, 0.25) is 47.3 Å². The van der Waals surface area contributed by atoms with Crippen LogP contribution in [0.1, 0.15) is 120 Å². The first-order valence-corrected chi connectivity index (χ1v) is 36.0. The Hall–Kier alpha value is -10.5. The van der Waals surface area contributed by atoms with Gasteiger partial charge >= 0.3 is 32.2 Å². The summed E-state index contributed by atoms with van der Waals surface area (Å²) in [5, 5.41) is 22.6. The number of primary amides is 1. The molecule has 0 aliphatic carbocycles. The Labute approximate surface area is 627 Å². The van der Waals surface area contributed by atoms with Gasteiger partial charge in [0.25, 0.3) is 23.6 Å². The Balaban J connectivity index is 1.74. The Kier molecular flexibility index (Phi) is 37.9. The molecule has 1 aliphatic rings. The van der Waals surface area contributed by atoms with Crippen LogP contribution in [0.5, 0.6) is 0 Å². The van der Waals surface area contributed by atoms with Crippen molar-refractivity contribution >= 4 is 109 Å². The van der Waals surface area contributed by atoms with E-state index in [-0.39, 0.29) is 57.5 Å². The molecule has 36 nitrogen and oxygen atoms in total. The maximum Gasteiger partial charge on any atom is 0.333 e. The highest BCUT2D eigenvalue weighted by molar-refractivity contribution is 7.33. The number of hydrogen-bond donors (Lipinski definition) is 10. The Morgan fingerprint density at radius 1 is 0.630 bits per heavy atom. The number of esters is 3. The number of likely N-dealkylation sites (N-methyl/N-ethyl adjacent to an activating group) is 3. The molecule has 0 saturated carbocycles. The Morgan fingerprint density at radius 2 is 1.21 bits per heavy atom. The van der Waals surface area contributed by atoms with Gasteiger partial charge in [0.15, 0.2) is 18.2 Å². The first-order chi connectivity index (χ1) is 50.6. The van der Waals surface area contributed by atoms with Crippen LogP contribution in [0.25, 0.3) is 0 Å². The molecule has 0 radical (unpaired) electrons. The predicted molar refractivity (Wildman–Crippen MR) is 389 cm³/mol. The molecule has 14 amide bonds. The molecule has 596 valence electrons. The van der Waals surface area contributed by atoms with Gasteiger partial charge in [-0.25, -0.2) is 14.4 Å². The zero-order chi connectivity index (χ0) is 81.6. The van der Waals surface area contributed by atoms with Crippen molar-refractivity contribution in [3.8, 4) is 0 Å². The van der Waals surface area contributed by atoms with E-state index >= 15 is 0 Å². The lowest BCUT2D eigenvalue weighted by Crippen LogP contribution is -2.61. The molecule has 13 atom stereocenters. The Morgan fingerprint density at radius 3 is 1.76 bits per heavy atom. The third-order valence-electron chi connectivity index (χ3n) is 16.9. The van der Waals surface area contributed by atoms with E-state index in [1.54, 1.807) is 78.8 Å². The monoisotopic (exact) mass is 1540 g/mol. The average Bonchev–Trinajstić information content (AvgIpc) is 1.04. The van der Waals surface area contributed by atoms with Crippen molar-refractivity contribution in [2.24, 2.45) is 23.5 Å². The van der Waals surface area contributed by atoms with Crippen molar-refractivity contribution in [2.75, 3.05) is 46.7 Å². The number of methoxy groups -OCH3 is 1. The molecule has 1 heterocycles. The van der Waals surface area contributed by atoms with Crippen molar-refractivity contribution in [2.45, 2.75) is 195 Å². The molecule has 0 aromatic heterocycles. The molecule has 0 bridgehead atoms. The van der Waals surface area contributed by atoms with Crippen molar-refractivity contribution in [3.05, 3.63) is 90.2 Å². The van der Waals surface area contributed by atoms with Crippen LogP contribution in [0, 0.1) is 17.8 Å². The number of benzene rings is 2. The topological polar surface area (TPSA) is 490 Å². The number of hydrogen-bond acceptors (Lipinski definition) is 23. The van der Waals surface area contributed by atoms with Crippen LogP contribution in [0.3, 0.4) is 0 Å². The smallest absolute Gasteiger partial charge is 0.333 e. The third-order valence-corrected chi connectivity index (χ3v) is 17.7. The van der Waals surface area contributed by atoms with Gasteiger partial charge in [0, 0.05) is 85.9 Å². The summed E-state index contributed by atoms with van der Waals surface area (Å²) in [5.74, 6) is -14.4. The summed E-state index contributed by atoms with van der Waals surface area (Å²) in [6.07, 6.45) is -4.84. The van der Waals surface area contributed by atoms with Crippen molar-refractivity contribution in [1.82, 2.24) is 57.2 Å². The molecule has 1 aliphatic heterocycles. The summed E-state index contributed by atoms with van der Waals surface area (Å²) in [6, 6.07) is 3.26. The molecule has 2 aromatic rings. The SMILES string of the molecule is C=C(C(=O)N[C@@H](C)C(=O)N(C)[C@@H](C)C(=O)N[C@H](C(=O)NC)[C@H](OC(=O)[C@@H](NC(C)=O)[C@H](O[PH](=O)OCc1ccc(NC(=O)[C@H](CCCNC(N)=O)NC(=O)[C@@H](NC(=O)CCN2C(=O)C=CC2=O)C(C)C)cc1)C(C)C)C(C)C)N(C)C(=O)[C@@H](Cc1ccccc1)OC(=O)[C@@H](NC(C)=O)[C@@H](C)OC(=O)C[C@@H](C)OC. The minimum atomic E-state index is -3.56. The number of nitrogens with one attached hydrogen (secondary N) is 9. The number of nitrogens with two attached hydrogens (primary N) is 1. The largest absolute Gasteiger partial charge is 0.460 e. The minimum Gasteiger partial charge on any atom is -0.460 e. The first kappa shape index (κ1) is 91.8. The number of carbonyl (C=O) groups is 16. The van der Waals surface area contributed by atoms with Gasteiger partial charge in [-0.15, -0.1) is 0 Å². The lowest BCUT2D eigenvalue weighted by Gasteiger charge is -2.34. The van der Waals surface area contributed by atoms with Gasteiger partial charge in [0.05, 0.1) is 19.1 Å². The molecule has 2 aromatic carbocycles. The van der Waals surface area contributed by atoms with Crippen LogP contribution in [0.4, 0.5) is 10.5 Å². The van der Waals surface area contributed by atoms with Crippen LogP contribution in [-0.2, 0) is 118 Å². The maximum atomic E-state index is 14.4. The molecular weight excluding hydrogens is 1430 g/mol. The highest BCUT2D eigenvalue weighted by Crippen LogP contribution is 2.33. The van der Waals surface area contributed by atoms with Crippen LogP contribution < -0.4 is 53.6 Å². The van der Waals surface area contributed by atoms with Gasteiger partial charge in [-0.1, -0.05) is 90.6 Å². The second-order valence-corrected chi connectivity index (χ2v) is 27.6. The number of ether oxygens (including phenoxy) is 4. The van der Waals surface area contributed by atoms with Crippen LogP contribution in [0.2, 0.25) is 0 Å². The number of amides is 14. The normalized spacial score (nSPS) is 15.5. The van der Waals surface area contributed by atoms with Crippen LogP contribution >= 0.6 is 8.25 Å². The maximum absolute atomic E-state index is 14.4. The fourth-order valence-corrected chi connectivity index (χ4v) is 11.4. The van der Waals surface area contributed by atoms with E-state index in [1.807, 2.05) is 0 Å². The number of anilines is 1. The molecule has 1 unspecified atom stereocenters. The molecular formula is C71H104N13O23P. The van der Waals surface area contributed by atoms with Crippen LogP contribution in [0.15, 0.2) is 79.0 Å². The number of urea groups is 1. The van der Waals surface area contributed by atoms with Gasteiger partial charge < -0.3 is 91.4 Å². The lowest BCUT2D eigenvalue weighted by molar-refractivity contribution is -0.167. The summed E-state index contributed by atoms with van der Waals surface area (Å²) >= 11 is 0. The highest BCUT2D eigenvalue weighted by atomic mass is 31.1. The molecule has 37 heteroatoms. The summed E-state index contributed by atoms with van der Waals surface area (Å²) in [5.41, 5.74) is 5.83. The Bertz CT molecular complexity index is 3600. The quantitative estimate of drug-likeness (QED) is 0.0108. The summed E-state index contributed by atoms with van der Waals surface area (Å²) in [4.78, 5) is 214. The van der Waals surface area contributed by atoms with E-state index in [2.05, 4.69) is 54.4 Å². The molecule has 0 fully saturated rings. The summed E-state index contributed by atoms with van der Waals surface area (Å²) in [6.45, 7) is 20.5. The van der Waals surface area contributed by atoms with Crippen molar-refractivity contribution in [3.63, 3.8) is 0 Å². The molecule has 0 spiro atoms. The number of rotatable bonds is 44. The molecule has 0 saturated heterocycles. The van der Waals surface area contributed by atoms with Crippen molar-refractivity contribution in [1.29, 1.82) is 0 Å². The zero-order valence-electron chi connectivity index (χ0n) is 63.7. The van der Waals surface area contributed by atoms with E-state index in [0.717, 1.165) is 47.7 Å². The van der Waals surface area contributed by atoms with E-state index in [9.17, 15) is 81.3 Å². The van der Waals surface area contributed by atoms with E-state index in [1.165, 1.54) is 66.2 Å². The first-order valence-electron chi connectivity index (χ1n) is 34.8. The van der Waals surface area contributed by atoms with Gasteiger partial charge in [-0.3, -0.25) is 71.8 Å². The molecule has 11 N–H and O–H groups in total. The van der Waals surface area contributed by atoms with Gasteiger partial charge in [-0.05, 0) is 81.5 Å². The molecule has 3 rings (SSSR count). The van der Waals surface area contributed by atoms with E-state index in [4.69, 9.17) is 33.7 Å². The third kappa shape index (κ3) is 29.7. The number of imide groups is 1. The molecule has 108 heavy (non-hydrogen) atoms. The fraction of sp³-hybridized carbons (Fsp3) is 0.549. The lowest BCUT2D eigenvalue weighted by atomic mass is 9.96. The van der Waals surface area contributed by atoms with E-state index in [0.29, 0.717) is 11.1 Å². The van der Waals surface area contributed by atoms with E-state index < -0.39 is 199 Å². The number of carbonyl (C=O) groups excluding carboxylic acids is 16. The second kappa shape index (κ2) is 44.6. The minimum absolute atomic E-state index is 0.00536. The predicted octanol–water partition coefficient (Wildman–Crippen LogP) is 0.605. The van der Waals surface area contributed by atoms with Gasteiger partial charge in [0.1, 0.15) is 54.2 Å². The van der Waals surface area contributed by atoms with Gasteiger partial charge in [-0.2, -0.15) is 0 Å². The highest BCUT2D eigenvalue weighted by Gasteiger charge is 2.43. The number of nitrogens with zero attached hydrogens (tertiary/aromatic N) is 3. The average molecular weight is 1540 g/mol. The summed E-state index contributed by atoms with van der Waals surface area (Å²) in [7, 11) is 1.45. The second-order valence-electron chi connectivity index (χ2n) is 26.6. The standard InChI is InChI=1S/C71H104N13O23P/c1-37(2)56(80-52(87)31-33-84-53(88)29-30-54(84)89)66(95)79-50(24-21-32-74-71(72)100)64(93)78-49-27-25-48(26-28-49)36-103-108(101)107-61(39(5)6)59(77-46(13)86)70(99)106-60(38(3)4)58(65(94)73-14)81-63(92)43(10)82(15)67(96)41(8)75-62(91)42(9)83(16)68(97)51(35-47-22-19-18-20-23-47)105-69(98)57(76-45(12)85)44(11)104-55(90)34-40(7)102-17/h18-20,22-23,25-30,37-41,43-44,50-51,56-61,108H,9,21,24,31-36H2,1-8,10-17H3,(H,73,94)(H,75,91)(H,76,85)(H,77,86)(H,78,93)(H,79,95)(H,80,87)(H,81,92)(H3,72,74,100)/t40-,41+,43+,44-,50+,51-,56+,57+,58+,59+,60-,61-/m1/s1.